The van der Waals surface area contributed by atoms with Crippen LogP contribution in [0.1, 0.15) is 45.2 Å². The molecule has 106 valence electrons. The zero-order valence-electron chi connectivity index (χ0n) is 12.0. The van der Waals surface area contributed by atoms with Gasteiger partial charge in [-0.25, -0.2) is 0 Å². The lowest BCUT2D eigenvalue weighted by Gasteiger charge is -2.42. The lowest BCUT2D eigenvalue weighted by Crippen LogP contribution is -2.45. The maximum atomic E-state index is 6.30. The number of hydrogen-bond acceptors (Lipinski definition) is 3. The van der Waals surface area contributed by atoms with Crippen molar-refractivity contribution in [1.82, 2.24) is 0 Å². The summed E-state index contributed by atoms with van der Waals surface area (Å²) in [5.41, 5.74) is 6.85. The average molecular weight is 328 g/mol. The third kappa shape index (κ3) is 3.30. The second-order valence-electron chi connectivity index (χ2n) is 6.19. The summed E-state index contributed by atoms with van der Waals surface area (Å²) in [5, 5.41) is 0. The lowest BCUT2D eigenvalue weighted by molar-refractivity contribution is -0.0580. The molecule has 3 nitrogen and oxygen atoms in total. The Morgan fingerprint density at radius 3 is 2.84 bits per heavy atom. The summed E-state index contributed by atoms with van der Waals surface area (Å²) in [6.45, 7) is 6.25. The topological polar surface area (TPSA) is 44.5 Å². The zero-order valence-corrected chi connectivity index (χ0v) is 13.6. The van der Waals surface area contributed by atoms with E-state index in [0.29, 0.717) is 0 Å². The first kappa shape index (κ1) is 14.8. The van der Waals surface area contributed by atoms with Gasteiger partial charge in [0.05, 0.1) is 5.60 Å². The largest absolute Gasteiger partial charge is 0.487 e. The van der Waals surface area contributed by atoms with E-state index >= 15 is 0 Å². The summed E-state index contributed by atoms with van der Waals surface area (Å²) in [6, 6.07) is 6.04. The molecule has 1 aliphatic rings. The number of benzene rings is 1. The highest BCUT2D eigenvalue weighted by atomic mass is 79.9. The Hall–Kier alpha value is -0.580. The van der Waals surface area contributed by atoms with Gasteiger partial charge >= 0.3 is 0 Å². The fourth-order valence-electron chi connectivity index (χ4n) is 2.87. The van der Waals surface area contributed by atoms with Crippen LogP contribution in [0, 0.1) is 0 Å². The molecule has 0 saturated carbocycles. The number of halogens is 1. The molecule has 2 rings (SSSR count). The Labute approximate surface area is 123 Å². The second kappa shape index (κ2) is 5.08. The number of nitrogens with two attached hydrogens (primary N) is 1. The predicted molar refractivity (Wildman–Crippen MR) is 80.4 cm³/mol. The van der Waals surface area contributed by atoms with Crippen LogP contribution in [0.3, 0.4) is 0 Å². The van der Waals surface area contributed by atoms with Crippen molar-refractivity contribution in [2.75, 3.05) is 7.11 Å². The zero-order chi connectivity index (χ0) is 14.3. The summed E-state index contributed by atoms with van der Waals surface area (Å²) in [6.07, 6.45) is 1.60. The second-order valence-corrected chi connectivity index (χ2v) is 7.10. The van der Waals surface area contributed by atoms with Crippen LogP contribution in [0.4, 0.5) is 0 Å². The van der Waals surface area contributed by atoms with Crippen molar-refractivity contribution in [1.29, 1.82) is 0 Å². The van der Waals surface area contributed by atoms with Crippen molar-refractivity contribution < 1.29 is 9.47 Å². The quantitative estimate of drug-likeness (QED) is 0.918. The van der Waals surface area contributed by atoms with Gasteiger partial charge in [-0.05, 0) is 32.9 Å². The Morgan fingerprint density at radius 1 is 1.53 bits per heavy atom. The summed E-state index contributed by atoms with van der Waals surface area (Å²) in [4.78, 5) is 0. The minimum absolute atomic E-state index is 0.00880. The van der Waals surface area contributed by atoms with E-state index in [1.54, 1.807) is 7.11 Å². The van der Waals surface area contributed by atoms with Crippen LogP contribution in [0.2, 0.25) is 0 Å². The van der Waals surface area contributed by atoms with Crippen molar-refractivity contribution in [3.05, 3.63) is 28.2 Å². The van der Waals surface area contributed by atoms with E-state index in [2.05, 4.69) is 36.7 Å². The molecule has 1 unspecified atom stereocenters. The molecule has 0 saturated heterocycles. The minimum Gasteiger partial charge on any atom is -0.487 e. The van der Waals surface area contributed by atoms with E-state index in [1.807, 2.05) is 18.2 Å². The Kier molecular flexibility index (Phi) is 3.96. The molecule has 0 amide bonds. The number of hydrogen-bond donors (Lipinski definition) is 1. The van der Waals surface area contributed by atoms with E-state index in [4.69, 9.17) is 15.2 Å². The first-order valence-corrected chi connectivity index (χ1v) is 7.33. The normalized spacial score (nSPS) is 26.7. The van der Waals surface area contributed by atoms with Crippen molar-refractivity contribution >= 4 is 15.9 Å². The molecule has 1 aliphatic heterocycles. The van der Waals surface area contributed by atoms with Gasteiger partial charge in [0.1, 0.15) is 11.4 Å². The molecule has 0 aliphatic carbocycles. The molecule has 1 aromatic rings. The van der Waals surface area contributed by atoms with Crippen molar-refractivity contribution in [3.8, 4) is 5.75 Å². The smallest absolute Gasteiger partial charge is 0.126 e. The molecule has 0 bridgehead atoms. The molecular weight excluding hydrogens is 306 g/mol. The van der Waals surface area contributed by atoms with Crippen LogP contribution in [-0.4, -0.2) is 18.3 Å². The highest BCUT2D eigenvalue weighted by Gasteiger charge is 2.40. The first-order valence-electron chi connectivity index (χ1n) is 6.54. The van der Waals surface area contributed by atoms with Gasteiger partial charge < -0.3 is 15.2 Å². The van der Waals surface area contributed by atoms with Gasteiger partial charge in [0.25, 0.3) is 0 Å². The molecule has 1 heterocycles. The molecule has 0 aromatic heterocycles. The van der Waals surface area contributed by atoms with Crippen molar-refractivity contribution in [2.24, 2.45) is 5.73 Å². The first-order chi connectivity index (χ1) is 8.75. The summed E-state index contributed by atoms with van der Waals surface area (Å²) in [5.74, 6) is 0.877. The molecule has 2 atom stereocenters. The standard InChI is InChI=1S/C15H22BrNO2/c1-14(2,18-4)9-15(3)8-12(17)11-6-5-10(16)7-13(11)19-15/h5-7,12H,8-9,17H2,1-4H3/t12-,15?/m0/s1. The van der Waals surface area contributed by atoms with E-state index in [-0.39, 0.29) is 17.2 Å². The number of ether oxygens (including phenoxy) is 2. The molecule has 0 spiro atoms. The molecule has 2 N–H and O–H groups in total. The summed E-state index contributed by atoms with van der Waals surface area (Å²) < 4.78 is 12.7. The number of fused-ring (bicyclic) bond motifs is 1. The van der Waals surface area contributed by atoms with Crippen molar-refractivity contribution in [3.63, 3.8) is 0 Å². The lowest BCUT2D eigenvalue weighted by atomic mass is 9.82. The van der Waals surface area contributed by atoms with Gasteiger partial charge in [-0.1, -0.05) is 22.0 Å². The van der Waals surface area contributed by atoms with Crippen LogP contribution in [-0.2, 0) is 4.74 Å². The molecular formula is C15H22BrNO2. The van der Waals surface area contributed by atoms with Gasteiger partial charge in [-0.15, -0.1) is 0 Å². The monoisotopic (exact) mass is 327 g/mol. The summed E-state index contributed by atoms with van der Waals surface area (Å²) >= 11 is 3.48. The predicted octanol–water partition coefficient (Wildman–Crippen LogP) is 3.81. The fourth-order valence-corrected chi connectivity index (χ4v) is 3.21. The Morgan fingerprint density at radius 2 is 2.21 bits per heavy atom. The molecule has 0 fully saturated rings. The highest BCUT2D eigenvalue weighted by molar-refractivity contribution is 9.10. The maximum absolute atomic E-state index is 6.30. The SMILES string of the molecule is COC(C)(C)CC1(C)C[C@H](N)c2ccc(Br)cc2O1. The number of methoxy groups -OCH3 is 1. The maximum Gasteiger partial charge on any atom is 0.126 e. The van der Waals surface area contributed by atoms with Crippen LogP contribution in [0.25, 0.3) is 0 Å². The Balaban J connectivity index is 2.28. The fraction of sp³-hybridized carbons (Fsp3) is 0.600. The van der Waals surface area contributed by atoms with Gasteiger partial charge in [-0.3, -0.25) is 0 Å². The van der Waals surface area contributed by atoms with Crippen molar-refractivity contribution in [2.45, 2.75) is 50.9 Å². The van der Waals surface area contributed by atoms with Crippen LogP contribution in [0.15, 0.2) is 22.7 Å². The third-order valence-electron chi connectivity index (χ3n) is 3.74. The van der Waals surface area contributed by atoms with E-state index in [0.717, 1.165) is 28.6 Å². The molecule has 0 radical (unpaired) electrons. The number of rotatable bonds is 3. The average Bonchev–Trinajstić information content (AvgIpc) is 2.26. The molecule has 4 heteroatoms. The van der Waals surface area contributed by atoms with E-state index < -0.39 is 0 Å². The van der Waals surface area contributed by atoms with Gasteiger partial charge in [0, 0.05) is 36.0 Å². The van der Waals surface area contributed by atoms with Gasteiger partial charge in [-0.2, -0.15) is 0 Å². The van der Waals surface area contributed by atoms with Gasteiger partial charge in [0.15, 0.2) is 0 Å². The van der Waals surface area contributed by atoms with Crippen LogP contribution >= 0.6 is 15.9 Å². The van der Waals surface area contributed by atoms with Gasteiger partial charge in [0.2, 0.25) is 0 Å². The molecule has 1 aromatic carbocycles. The van der Waals surface area contributed by atoms with E-state index in [9.17, 15) is 0 Å². The Bertz CT molecular complexity index is 475. The third-order valence-corrected chi connectivity index (χ3v) is 4.23. The molecule has 19 heavy (non-hydrogen) atoms. The van der Waals surface area contributed by atoms with Crippen LogP contribution < -0.4 is 10.5 Å². The minimum atomic E-state index is -0.299. The van der Waals surface area contributed by atoms with E-state index in [1.165, 1.54) is 0 Å². The highest BCUT2D eigenvalue weighted by Crippen LogP contribution is 2.43. The summed E-state index contributed by atoms with van der Waals surface area (Å²) in [7, 11) is 1.73. The van der Waals surface area contributed by atoms with Crippen LogP contribution in [0.5, 0.6) is 5.75 Å².